The Balaban J connectivity index is 2.00. The van der Waals surface area contributed by atoms with Crippen molar-refractivity contribution >= 4 is 26.9 Å². The molecule has 28 heavy (non-hydrogen) atoms. The molecule has 0 aliphatic heterocycles. The molecule has 0 saturated heterocycles. The highest BCUT2D eigenvalue weighted by Gasteiger charge is 2.17. The average Bonchev–Trinajstić information content (AvgIpc) is 3.09. The van der Waals surface area contributed by atoms with E-state index in [2.05, 4.69) is 20.0 Å². The normalized spacial score (nSPS) is 11.3. The Bertz CT molecular complexity index is 1320. The van der Waals surface area contributed by atoms with Crippen LogP contribution in [0.1, 0.15) is 0 Å². The number of nitrogens with two attached hydrogens (primary N) is 1. The van der Waals surface area contributed by atoms with Crippen molar-refractivity contribution in [1.29, 1.82) is 0 Å². The van der Waals surface area contributed by atoms with E-state index in [0.717, 1.165) is 11.1 Å². The van der Waals surface area contributed by atoms with Crippen LogP contribution in [0.25, 0.3) is 38.3 Å². The lowest BCUT2D eigenvalue weighted by molar-refractivity contribution is 0.598. The maximum Gasteiger partial charge on any atom is 0.238 e. The highest BCUT2D eigenvalue weighted by atomic mass is 32.2. The van der Waals surface area contributed by atoms with Gasteiger partial charge < -0.3 is 4.57 Å². The average molecular weight is 391 g/mol. The molecule has 2 aromatic heterocycles. The molecule has 4 rings (SSSR count). The van der Waals surface area contributed by atoms with Crippen LogP contribution in [0.4, 0.5) is 5.82 Å². The summed E-state index contributed by atoms with van der Waals surface area (Å²) in [5.74, 6) is 0.214. The molecule has 0 unspecified atom stereocenters. The molecule has 0 radical (unpaired) electrons. The first kappa shape index (κ1) is 17.7. The third-order valence-electron chi connectivity index (χ3n) is 4.23. The van der Waals surface area contributed by atoms with E-state index in [1.807, 2.05) is 36.5 Å². The van der Waals surface area contributed by atoms with Crippen LogP contribution in [0.2, 0.25) is 0 Å². The number of hydrogen-bond acceptors (Lipinski definition) is 5. The number of rotatable bonds is 4. The van der Waals surface area contributed by atoms with Crippen molar-refractivity contribution in [2.24, 2.45) is 10.3 Å². The monoisotopic (exact) mass is 391 g/mol. The molecule has 0 saturated carbocycles. The third-order valence-corrected chi connectivity index (χ3v) is 5.16. The predicted octanol–water partition coefficient (Wildman–Crippen LogP) is 3.68. The van der Waals surface area contributed by atoms with Crippen LogP contribution in [0.15, 0.2) is 77.1 Å². The van der Waals surface area contributed by atoms with Gasteiger partial charge in [-0.3, -0.25) is 0 Å². The van der Waals surface area contributed by atoms with E-state index in [0.29, 0.717) is 16.7 Å². The Hall–Kier alpha value is -3.72. The summed E-state index contributed by atoms with van der Waals surface area (Å²) < 4.78 is 24.8. The Morgan fingerprint density at radius 3 is 2.39 bits per heavy atom. The molecule has 4 aromatic rings. The van der Waals surface area contributed by atoms with E-state index in [9.17, 15) is 8.42 Å². The lowest BCUT2D eigenvalue weighted by Gasteiger charge is -2.05. The number of azide groups is 1. The number of aromatic nitrogens is 3. The molecular formula is C18H13N7O2S. The highest BCUT2D eigenvalue weighted by Crippen LogP contribution is 2.36. The largest absolute Gasteiger partial charge is 0.301 e. The summed E-state index contributed by atoms with van der Waals surface area (Å²) in [6.07, 6.45) is 3.16. The number of sulfonamides is 1. The van der Waals surface area contributed by atoms with Gasteiger partial charge in [0.1, 0.15) is 17.8 Å². The summed E-state index contributed by atoms with van der Waals surface area (Å²) in [5.41, 5.74) is 11.8. The first-order chi connectivity index (χ1) is 13.5. The topological polar surface area (TPSA) is 140 Å². The molecule has 2 heterocycles. The first-order valence-corrected chi connectivity index (χ1v) is 9.63. The minimum atomic E-state index is -3.79. The van der Waals surface area contributed by atoms with Crippen molar-refractivity contribution in [3.63, 3.8) is 0 Å². The minimum absolute atomic E-state index is 0.0142. The van der Waals surface area contributed by atoms with Crippen LogP contribution in [0.5, 0.6) is 0 Å². The molecule has 9 nitrogen and oxygen atoms in total. The van der Waals surface area contributed by atoms with Gasteiger partial charge in [-0.15, -0.1) is 0 Å². The summed E-state index contributed by atoms with van der Waals surface area (Å²) in [5, 5.41) is 9.46. The van der Waals surface area contributed by atoms with Crippen molar-refractivity contribution in [3.05, 3.63) is 77.6 Å². The number of benzene rings is 2. The van der Waals surface area contributed by atoms with Gasteiger partial charge in [-0.2, -0.15) is 0 Å². The molecule has 0 fully saturated rings. The van der Waals surface area contributed by atoms with Gasteiger partial charge >= 0.3 is 0 Å². The number of nitrogens with zero attached hydrogens (tertiary/aromatic N) is 6. The molecular weight excluding hydrogens is 378 g/mol. The zero-order valence-corrected chi connectivity index (χ0v) is 15.2. The van der Waals surface area contributed by atoms with Gasteiger partial charge in [0.25, 0.3) is 0 Å². The number of primary sulfonamides is 1. The summed E-state index contributed by atoms with van der Waals surface area (Å²) in [4.78, 5) is 11.3. The highest BCUT2D eigenvalue weighted by molar-refractivity contribution is 7.89. The van der Waals surface area contributed by atoms with Crippen molar-refractivity contribution < 1.29 is 8.42 Å². The van der Waals surface area contributed by atoms with Gasteiger partial charge in [0.2, 0.25) is 10.0 Å². The number of fused-ring (bicyclic) bond motifs is 1. The van der Waals surface area contributed by atoms with E-state index >= 15 is 0 Å². The molecule has 0 aliphatic rings. The molecule has 0 bridgehead atoms. The predicted molar refractivity (Wildman–Crippen MR) is 104 cm³/mol. The summed E-state index contributed by atoms with van der Waals surface area (Å²) in [6, 6.07) is 15.7. The molecule has 0 amide bonds. The fourth-order valence-electron chi connectivity index (χ4n) is 2.99. The molecule has 2 N–H and O–H groups in total. The van der Waals surface area contributed by atoms with E-state index in [-0.39, 0.29) is 10.7 Å². The lowest BCUT2D eigenvalue weighted by Crippen LogP contribution is -2.12. The molecule has 0 spiro atoms. The number of hydrogen-bond donors (Lipinski definition) is 1. The minimum Gasteiger partial charge on any atom is -0.301 e. The van der Waals surface area contributed by atoms with Crippen molar-refractivity contribution in [1.82, 2.24) is 14.5 Å². The van der Waals surface area contributed by atoms with E-state index in [1.165, 1.54) is 18.5 Å². The molecule has 0 atom stereocenters. The smallest absolute Gasteiger partial charge is 0.238 e. The van der Waals surface area contributed by atoms with E-state index in [1.54, 1.807) is 16.7 Å². The third kappa shape index (κ3) is 3.08. The molecule has 10 heteroatoms. The van der Waals surface area contributed by atoms with Gasteiger partial charge in [-0.25, -0.2) is 23.5 Å². The van der Waals surface area contributed by atoms with Crippen LogP contribution in [-0.2, 0) is 10.0 Å². The SMILES string of the molecule is [N-]=[N+]=Nc1ncnc2c1c(-c1ccccc1)cn2-c1ccc(S(N)(=O)=O)cc1. The molecule has 0 aliphatic carbocycles. The van der Waals surface area contributed by atoms with Crippen LogP contribution in [0, 0.1) is 0 Å². The van der Waals surface area contributed by atoms with Crippen LogP contribution >= 0.6 is 0 Å². The van der Waals surface area contributed by atoms with Gasteiger partial charge in [0.05, 0.1) is 10.3 Å². The van der Waals surface area contributed by atoms with Crippen LogP contribution < -0.4 is 5.14 Å². The Morgan fingerprint density at radius 1 is 1.04 bits per heavy atom. The summed E-state index contributed by atoms with van der Waals surface area (Å²) >= 11 is 0. The van der Waals surface area contributed by atoms with Crippen molar-refractivity contribution in [2.45, 2.75) is 4.90 Å². The van der Waals surface area contributed by atoms with Gasteiger partial charge in [-0.1, -0.05) is 30.3 Å². The Morgan fingerprint density at radius 2 is 1.75 bits per heavy atom. The van der Waals surface area contributed by atoms with Crippen LogP contribution in [0.3, 0.4) is 0 Å². The van der Waals surface area contributed by atoms with E-state index in [4.69, 9.17) is 10.7 Å². The summed E-state index contributed by atoms with van der Waals surface area (Å²) in [6.45, 7) is 0. The Labute approximate surface area is 159 Å². The quantitative estimate of drug-likeness (QED) is 0.322. The second-order valence-electron chi connectivity index (χ2n) is 5.90. The second-order valence-corrected chi connectivity index (χ2v) is 7.46. The second kappa shape index (κ2) is 6.78. The molecule has 138 valence electrons. The van der Waals surface area contributed by atoms with Crippen molar-refractivity contribution in [3.8, 4) is 16.8 Å². The zero-order valence-electron chi connectivity index (χ0n) is 14.3. The van der Waals surface area contributed by atoms with E-state index < -0.39 is 10.0 Å². The Kier molecular flexibility index (Phi) is 4.28. The van der Waals surface area contributed by atoms with Gasteiger partial charge in [0.15, 0.2) is 0 Å². The summed E-state index contributed by atoms with van der Waals surface area (Å²) in [7, 11) is -3.79. The van der Waals surface area contributed by atoms with Gasteiger partial charge in [-0.05, 0) is 40.5 Å². The zero-order chi connectivity index (χ0) is 19.7. The first-order valence-electron chi connectivity index (χ1n) is 8.09. The maximum atomic E-state index is 11.5. The van der Waals surface area contributed by atoms with Crippen molar-refractivity contribution in [2.75, 3.05) is 0 Å². The fourth-order valence-corrected chi connectivity index (χ4v) is 3.51. The lowest BCUT2D eigenvalue weighted by atomic mass is 10.1. The standard InChI is InChI=1S/C18H13N7O2S/c19-24-23-17-16-15(12-4-2-1-3-5-12)10-25(18(16)22-11-21-17)13-6-8-14(9-7-13)28(20,26)27/h1-11H,(H2,20,26,27). The fraction of sp³-hybridized carbons (Fsp3) is 0. The maximum absolute atomic E-state index is 11.5. The molecule has 2 aromatic carbocycles. The van der Waals surface area contributed by atoms with Gasteiger partial charge in [0, 0.05) is 22.4 Å². The van der Waals surface area contributed by atoms with Crippen LogP contribution in [-0.4, -0.2) is 23.0 Å².